The van der Waals surface area contributed by atoms with E-state index >= 15 is 0 Å². The van der Waals surface area contributed by atoms with Crippen LogP contribution >= 0.6 is 0 Å². The molecule has 1 atom stereocenters. The van der Waals surface area contributed by atoms with Crippen molar-refractivity contribution >= 4 is 5.91 Å². The Hall–Kier alpha value is -1.59. The zero-order valence-corrected chi connectivity index (χ0v) is 15.6. The minimum absolute atomic E-state index is 0.107. The highest BCUT2D eigenvalue weighted by Gasteiger charge is 2.27. The van der Waals surface area contributed by atoms with Gasteiger partial charge in [0.1, 0.15) is 5.75 Å². The summed E-state index contributed by atoms with van der Waals surface area (Å²) in [6, 6.07) is 6.09. The number of hydrogen-bond acceptors (Lipinski definition) is 4. The molecule has 3 rings (SSSR count). The molecule has 1 aromatic rings. The molecule has 0 radical (unpaired) electrons. The summed E-state index contributed by atoms with van der Waals surface area (Å²) in [5.74, 6) is 1.15. The topological polar surface area (TPSA) is 53.0 Å². The number of benzene rings is 1. The van der Waals surface area contributed by atoms with Gasteiger partial charge >= 0.3 is 0 Å². The molecular formula is C20H30N2O3. The second-order valence-electron chi connectivity index (χ2n) is 8.28. The number of β-amino-alcohol motifs (C(OH)–C–C–N with tert-alkyl or cyclic N) is 1. The van der Waals surface area contributed by atoms with E-state index in [-0.39, 0.29) is 17.4 Å². The van der Waals surface area contributed by atoms with Crippen LogP contribution in [0.25, 0.3) is 0 Å². The van der Waals surface area contributed by atoms with Crippen LogP contribution in [0.1, 0.15) is 31.9 Å². The van der Waals surface area contributed by atoms with Gasteiger partial charge in [0.15, 0.2) is 0 Å². The van der Waals surface area contributed by atoms with Crippen LogP contribution in [-0.4, -0.2) is 66.2 Å². The van der Waals surface area contributed by atoms with Gasteiger partial charge in [0.2, 0.25) is 5.91 Å². The predicted molar refractivity (Wildman–Crippen MR) is 97.8 cm³/mol. The SMILES string of the molecule is CC(C)(C)C(O)CN1CCN(C(=O)Cc2ccc3c(c2)CCO3)CC1. The number of nitrogens with zero attached hydrogens (tertiary/aromatic N) is 2. The van der Waals surface area contributed by atoms with Crippen molar-refractivity contribution in [3.63, 3.8) is 0 Å². The molecular weight excluding hydrogens is 316 g/mol. The summed E-state index contributed by atoms with van der Waals surface area (Å²) in [5.41, 5.74) is 2.18. The van der Waals surface area contributed by atoms with Crippen LogP contribution in [0.2, 0.25) is 0 Å². The summed E-state index contributed by atoms with van der Waals surface area (Å²) in [6.07, 6.45) is 1.05. The van der Waals surface area contributed by atoms with E-state index in [1.807, 2.05) is 17.0 Å². The largest absolute Gasteiger partial charge is 0.493 e. The fourth-order valence-electron chi connectivity index (χ4n) is 3.33. The summed E-state index contributed by atoms with van der Waals surface area (Å²) in [4.78, 5) is 16.8. The van der Waals surface area contributed by atoms with Crippen molar-refractivity contribution < 1.29 is 14.6 Å². The van der Waals surface area contributed by atoms with Gasteiger partial charge in [-0.2, -0.15) is 0 Å². The normalized spacial score (nSPS) is 19.4. The van der Waals surface area contributed by atoms with Gasteiger partial charge in [-0.3, -0.25) is 9.69 Å². The fraction of sp³-hybridized carbons (Fsp3) is 0.650. The van der Waals surface area contributed by atoms with E-state index < -0.39 is 0 Å². The zero-order chi connectivity index (χ0) is 18.0. The molecule has 0 spiro atoms. The first-order valence-corrected chi connectivity index (χ1v) is 9.26. The van der Waals surface area contributed by atoms with Crippen LogP contribution < -0.4 is 4.74 Å². The third kappa shape index (κ3) is 4.53. The van der Waals surface area contributed by atoms with E-state index in [1.54, 1.807) is 0 Å². The number of ether oxygens (including phenoxy) is 1. The van der Waals surface area contributed by atoms with Crippen LogP contribution in [-0.2, 0) is 17.6 Å². The van der Waals surface area contributed by atoms with Crippen LogP contribution in [0, 0.1) is 5.41 Å². The molecule has 0 aliphatic carbocycles. The van der Waals surface area contributed by atoms with E-state index in [1.165, 1.54) is 5.56 Å². The van der Waals surface area contributed by atoms with E-state index in [2.05, 4.69) is 31.7 Å². The smallest absolute Gasteiger partial charge is 0.227 e. The summed E-state index contributed by atoms with van der Waals surface area (Å²) in [5, 5.41) is 10.3. The van der Waals surface area contributed by atoms with E-state index in [0.717, 1.165) is 50.5 Å². The van der Waals surface area contributed by atoms with Gasteiger partial charge in [-0.05, 0) is 22.6 Å². The number of carbonyl (C=O) groups is 1. The maximum Gasteiger partial charge on any atom is 0.227 e. The zero-order valence-electron chi connectivity index (χ0n) is 15.6. The Morgan fingerprint density at radius 1 is 1.24 bits per heavy atom. The molecule has 0 aromatic heterocycles. The second kappa shape index (κ2) is 7.34. The number of piperazine rings is 1. The quantitative estimate of drug-likeness (QED) is 0.902. The maximum atomic E-state index is 12.6. The fourth-order valence-corrected chi connectivity index (χ4v) is 3.33. The Labute approximate surface area is 150 Å². The molecule has 138 valence electrons. The van der Waals surface area contributed by atoms with Crippen LogP contribution in [0.5, 0.6) is 5.75 Å². The predicted octanol–water partition coefficient (Wildman–Crippen LogP) is 1.72. The lowest BCUT2D eigenvalue weighted by Gasteiger charge is -2.38. The molecule has 1 fully saturated rings. The third-order valence-electron chi connectivity index (χ3n) is 5.27. The average Bonchev–Trinajstić information content (AvgIpc) is 3.02. The van der Waals surface area contributed by atoms with Crippen molar-refractivity contribution in [2.75, 3.05) is 39.3 Å². The minimum Gasteiger partial charge on any atom is -0.493 e. The first-order valence-electron chi connectivity index (χ1n) is 9.26. The molecule has 5 nitrogen and oxygen atoms in total. The van der Waals surface area contributed by atoms with Gasteiger partial charge in [0.25, 0.3) is 0 Å². The molecule has 5 heteroatoms. The Kier molecular flexibility index (Phi) is 5.35. The van der Waals surface area contributed by atoms with Crippen LogP contribution in [0.4, 0.5) is 0 Å². The highest BCUT2D eigenvalue weighted by molar-refractivity contribution is 5.79. The van der Waals surface area contributed by atoms with Gasteiger partial charge in [-0.15, -0.1) is 0 Å². The van der Waals surface area contributed by atoms with E-state index in [4.69, 9.17) is 4.74 Å². The highest BCUT2D eigenvalue weighted by atomic mass is 16.5. The lowest BCUT2D eigenvalue weighted by Crippen LogP contribution is -2.52. The summed E-state index contributed by atoms with van der Waals surface area (Å²) in [6.45, 7) is 10.7. The molecule has 0 bridgehead atoms. The first-order chi connectivity index (χ1) is 11.8. The minimum atomic E-state index is -0.344. The lowest BCUT2D eigenvalue weighted by atomic mass is 9.89. The second-order valence-corrected chi connectivity index (χ2v) is 8.28. The van der Waals surface area contributed by atoms with Crippen molar-refractivity contribution in [1.82, 2.24) is 9.80 Å². The summed E-state index contributed by atoms with van der Waals surface area (Å²) >= 11 is 0. The number of aliphatic hydroxyl groups is 1. The van der Waals surface area contributed by atoms with E-state index in [9.17, 15) is 9.90 Å². The number of fused-ring (bicyclic) bond motifs is 1. The lowest BCUT2D eigenvalue weighted by molar-refractivity contribution is -0.132. The number of carbonyl (C=O) groups excluding carboxylic acids is 1. The van der Waals surface area contributed by atoms with Gasteiger partial charge < -0.3 is 14.7 Å². The first kappa shape index (κ1) is 18.2. The Morgan fingerprint density at radius 3 is 2.64 bits per heavy atom. The standard InChI is InChI=1S/C20H30N2O3/c1-20(2,3)18(23)14-21-7-9-22(10-8-21)19(24)13-15-4-5-17-16(12-15)6-11-25-17/h4-5,12,18,23H,6-11,13-14H2,1-3H3. The third-order valence-corrected chi connectivity index (χ3v) is 5.27. The van der Waals surface area contributed by atoms with Crippen molar-refractivity contribution in [2.45, 2.75) is 39.7 Å². The number of hydrogen-bond donors (Lipinski definition) is 1. The molecule has 25 heavy (non-hydrogen) atoms. The highest BCUT2D eigenvalue weighted by Crippen LogP contribution is 2.26. The molecule has 1 saturated heterocycles. The van der Waals surface area contributed by atoms with Gasteiger partial charge in [-0.25, -0.2) is 0 Å². The average molecular weight is 346 g/mol. The molecule has 0 saturated carbocycles. The van der Waals surface area contributed by atoms with Crippen molar-refractivity contribution in [3.05, 3.63) is 29.3 Å². The van der Waals surface area contributed by atoms with Crippen molar-refractivity contribution in [3.8, 4) is 5.75 Å². The Balaban J connectivity index is 1.48. The molecule has 1 amide bonds. The van der Waals surface area contributed by atoms with Gasteiger partial charge in [0.05, 0.1) is 19.1 Å². The summed E-state index contributed by atoms with van der Waals surface area (Å²) in [7, 11) is 0. The molecule has 1 aromatic carbocycles. The van der Waals surface area contributed by atoms with Crippen LogP contribution in [0.15, 0.2) is 18.2 Å². The molecule has 2 aliphatic heterocycles. The molecule has 1 N–H and O–H groups in total. The monoisotopic (exact) mass is 346 g/mol. The Morgan fingerprint density at radius 2 is 1.96 bits per heavy atom. The van der Waals surface area contributed by atoms with Gasteiger partial charge in [0, 0.05) is 39.1 Å². The van der Waals surface area contributed by atoms with Crippen molar-refractivity contribution in [1.29, 1.82) is 0 Å². The van der Waals surface area contributed by atoms with Crippen LogP contribution in [0.3, 0.4) is 0 Å². The number of aliphatic hydroxyl groups excluding tert-OH is 1. The molecule has 1 unspecified atom stereocenters. The van der Waals surface area contributed by atoms with E-state index in [0.29, 0.717) is 13.0 Å². The number of rotatable bonds is 4. The summed E-state index contributed by atoms with van der Waals surface area (Å²) < 4.78 is 5.52. The molecule has 2 aliphatic rings. The Bertz CT molecular complexity index is 616. The van der Waals surface area contributed by atoms with Gasteiger partial charge in [-0.1, -0.05) is 32.9 Å². The van der Waals surface area contributed by atoms with Crippen molar-refractivity contribution in [2.24, 2.45) is 5.41 Å². The number of amides is 1. The maximum absolute atomic E-state index is 12.6. The molecule has 2 heterocycles.